The molecular weight excluding hydrogens is 279 g/mol. The second-order valence-electron chi connectivity index (χ2n) is 5.72. The number of halogens is 2. The number of hydrogen-bond donors (Lipinski definition) is 1. The van der Waals surface area contributed by atoms with Crippen LogP contribution in [0.15, 0.2) is 18.2 Å². The van der Waals surface area contributed by atoms with Crippen LogP contribution in [0.1, 0.15) is 37.3 Å². The molecular formula is C15H20Cl2N2. The van der Waals surface area contributed by atoms with Gasteiger partial charge in [-0.15, -0.1) is 0 Å². The van der Waals surface area contributed by atoms with E-state index in [2.05, 4.69) is 11.0 Å². The summed E-state index contributed by atoms with van der Waals surface area (Å²) in [7, 11) is 0. The average Bonchev–Trinajstić information content (AvgIpc) is 3.22. The SMILES string of the molecule is NCC1CCCN(C2CC2)C1c1ccc(Cl)cc1Cl. The van der Waals surface area contributed by atoms with Crippen LogP contribution < -0.4 is 5.73 Å². The lowest BCUT2D eigenvalue weighted by atomic mass is 9.84. The molecule has 104 valence electrons. The summed E-state index contributed by atoms with van der Waals surface area (Å²) in [6.07, 6.45) is 5.08. The van der Waals surface area contributed by atoms with Crippen molar-refractivity contribution in [2.75, 3.05) is 13.1 Å². The fraction of sp³-hybridized carbons (Fsp3) is 0.600. The van der Waals surface area contributed by atoms with Crippen molar-refractivity contribution >= 4 is 23.2 Å². The third-order valence-corrected chi connectivity index (χ3v) is 4.96. The van der Waals surface area contributed by atoms with Gasteiger partial charge in [0.25, 0.3) is 0 Å². The van der Waals surface area contributed by atoms with Crippen molar-refractivity contribution in [3.63, 3.8) is 0 Å². The summed E-state index contributed by atoms with van der Waals surface area (Å²) < 4.78 is 0. The first-order chi connectivity index (χ1) is 9.20. The number of rotatable bonds is 3. The van der Waals surface area contributed by atoms with Gasteiger partial charge in [-0.05, 0) is 62.4 Å². The molecule has 1 aromatic carbocycles. The maximum absolute atomic E-state index is 6.42. The minimum absolute atomic E-state index is 0.371. The molecule has 1 aliphatic carbocycles. The van der Waals surface area contributed by atoms with Crippen LogP contribution in [0.25, 0.3) is 0 Å². The zero-order chi connectivity index (χ0) is 13.4. The molecule has 2 aliphatic rings. The molecule has 1 heterocycles. The second-order valence-corrected chi connectivity index (χ2v) is 6.56. The smallest absolute Gasteiger partial charge is 0.0468 e. The van der Waals surface area contributed by atoms with Crippen LogP contribution in [0.3, 0.4) is 0 Å². The lowest BCUT2D eigenvalue weighted by Gasteiger charge is -2.42. The summed E-state index contributed by atoms with van der Waals surface area (Å²) in [6, 6.07) is 6.99. The second kappa shape index (κ2) is 5.61. The highest BCUT2D eigenvalue weighted by Gasteiger charge is 2.40. The molecule has 0 bridgehead atoms. The Hall–Kier alpha value is -0.280. The van der Waals surface area contributed by atoms with E-state index in [4.69, 9.17) is 28.9 Å². The molecule has 0 aromatic heterocycles. The number of nitrogens with zero attached hydrogens (tertiary/aromatic N) is 1. The Balaban J connectivity index is 1.95. The van der Waals surface area contributed by atoms with Crippen molar-refractivity contribution in [2.45, 2.75) is 37.8 Å². The molecule has 1 saturated carbocycles. The summed E-state index contributed by atoms with van der Waals surface area (Å²) in [6.45, 7) is 1.90. The van der Waals surface area contributed by atoms with E-state index in [1.165, 1.54) is 37.8 Å². The molecule has 2 atom stereocenters. The third-order valence-electron chi connectivity index (χ3n) is 4.39. The highest BCUT2D eigenvalue weighted by atomic mass is 35.5. The van der Waals surface area contributed by atoms with Gasteiger partial charge >= 0.3 is 0 Å². The number of nitrogens with two attached hydrogens (primary N) is 1. The Morgan fingerprint density at radius 3 is 2.63 bits per heavy atom. The minimum atomic E-state index is 0.371. The zero-order valence-electron chi connectivity index (χ0n) is 11.0. The first-order valence-corrected chi connectivity index (χ1v) is 7.87. The fourth-order valence-electron chi connectivity index (χ4n) is 3.34. The van der Waals surface area contributed by atoms with Gasteiger partial charge < -0.3 is 5.73 Å². The Bertz CT molecular complexity index is 459. The molecule has 0 amide bonds. The van der Waals surface area contributed by atoms with Gasteiger partial charge in [-0.25, -0.2) is 0 Å². The molecule has 19 heavy (non-hydrogen) atoms. The molecule has 1 saturated heterocycles. The molecule has 2 fully saturated rings. The Labute approximate surface area is 124 Å². The topological polar surface area (TPSA) is 29.3 Å². The molecule has 4 heteroatoms. The third kappa shape index (κ3) is 2.78. The van der Waals surface area contributed by atoms with Crippen molar-refractivity contribution in [3.8, 4) is 0 Å². The Morgan fingerprint density at radius 1 is 1.21 bits per heavy atom. The predicted molar refractivity (Wildman–Crippen MR) is 80.7 cm³/mol. The van der Waals surface area contributed by atoms with Gasteiger partial charge in [0.05, 0.1) is 0 Å². The summed E-state index contributed by atoms with van der Waals surface area (Å²) in [5.41, 5.74) is 7.20. The van der Waals surface area contributed by atoms with E-state index in [0.717, 1.165) is 17.6 Å². The Kier molecular flexibility index (Phi) is 4.04. The lowest BCUT2D eigenvalue weighted by Crippen LogP contribution is -2.42. The van der Waals surface area contributed by atoms with Crippen molar-refractivity contribution in [2.24, 2.45) is 11.7 Å². The summed E-state index contributed by atoms with van der Waals surface area (Å²) in [5, 5.41) is 1.48. The van der Waals surface area contributed by atoms with E-state index in [1.807, 2.05) is 12.1 Å². The summed E-state index contributed by atoms with van der Waals surface area (Å²) in [4.78, 5) is 2.62. The number of hydrogen-bond acceptors (Lipinski definition) is 2. The van der Waals surface area contributed by atoms with Crippen molar-refractivity contribution < 1.29 is 0 Å². The molecule has 0 radical (unpaired) electrons. The molecule has 3 rings (SSSR count). The minimum Gasteiger partial charge on any atom is -0.330 e. The normalized spacial score (nSPS) is 28.6. The van der Waals surface area contributed by atoms with Gasteiger partial charge in [0, 0.05) is 22.1 Å². The highest BCUT2D eigenvalue weighted by molar-refractivity contribution is 6.35. The lowest BCUT2D eigenvalue weighted by molar-refractivity contribution is 0.0880. The number of likely N-dealkylation sites (tertiary alicyclic amines) is 1. The quantitative estimate of drug-likeness (QED) is 0.918. The first-order valence-electron chi connectivity index (χ1n) is 7.11. The van der Waals surface area contributed by atoms with Crippen LogP contribution in [0, 0.1) is 5.92 Å². The number of benzene rings is 1. The van der Waals surface area contributed by atoms with Gasteiger partial charge in [0.15, 0.2) is 0 Å². The predicted octanol–water partition coefficient (Wildman–Crippen LogP) is 3.87. The maximum Gasteiger partial charge on any atom is 0.0468 e. The van der Waals surface area contributed by atoms with Gasteiger partial charge in [0.1, 0.15) is 0 Å². The zero-order valence-corrected chi connectivity index (χ0v) is 12.5. The van der Waals surface area contributed by atoms with Crippen LogP contribution in [-0.4, -0.2) is 24.0 Å². The molecule has 0 spiro atoms. The van der Waals surface area contributed by atoms with Gasteiger partial charge in [-0.2, -0.15) is 0 Å². The first kappa shape index (κ1) is 13.7. The standard InChI is InChI=1S/C15H20Cl2N2/c16-11-3-6-13(14(17)8-11)15-10(9-18)2-1-7-19(15)12-4-5-12/h3,6,8,10,12,15H,1-2,4-5,7,9,18H2. The van der Waals surface area contributed by atoms with Gasteiger partial charge in [-0.3, -0.25) is 4.90 Å². The van der Waals surface area contributed by atoms with E-state index in [9.17, 15) is 0 Å². The molecule has 1 aliphatic heterocycles. The van der Waals surface area contributed by atoms with Crippen molar-refractivity contribution in [3.05, 3.63) is 33.8 Å². The molecule has 2 unspecified atom stereocenters. The van der Waals surface area contributed by atoms with E-state index < -0.39 is 0 Å². The van der Waals surface area contributed by atoms with E-state index in [1.54, 1.807) is 0 Å². The van der Waals surface area contributed by atoms with E-state index >= 15 is 0 Å². The highest BCUT2D eigenvalue weighted by Crippen LogP contribution is 2.44. The summed E-state index contributed by atoms with van der Waals surface area (Å²) >= 11 is 12.4. The van der Waals surface area contributed by atoms with E-state index in [0.29, 0.717) is 17.0 Å². The molecule has 2 nitrogen and oxygen atoms in total. The van der Waals surface area contributed by atoms with E-state index in [-0.39, 0.29) is 0 Å². The fourth-order valence-corrected chi connectivity index (χ4v) is 3.86. The van der Waals surface area contributed by atoms with Crippen LogP contribution in [0.4, 0.5) is 0 Å². The van der Waals surface area contributed by atoms with Crippen molar-refractivity contribution in [1.29, 1.82) is 0 Å². The van der Waals surface area contributed by atoms with Crippen molar-refractivity contribution in [1.82, 2.24) is 4.90 Å². The molecule has 2 N–H and O–H groups in total. The van der Waals surface area contributed by atoms with Gasteiger partial charge in [0.2, 0.25) is 0 Å². The Morgan fingerprint density at radius 2 is 2.00 bits per heavy atom. The molecule has 1 aromatic rings. The average molecular weight is 299 g/mol. The van der Waals surface area contributed by atoms with Crippen LogP contribution in [0.5, 0.6) is 0 Å². The van der Waals surface area contributed by atoms with Crippen LogP contribution in [-0.2, 0) is 0 Å². The van der Waals surface area contributed by atoms with Crippen LogP contribution in [0.2, 0.25) is 10.0 Å². The monoisotopic (exact) mass is 298 g/mol. The number of piperidine rings is 1. The maximum atomic E-state index is 6.42. The van der Waals surface area contributed by atoms with Crippen LogP contribution >= 0.6 is 23.2 Å². The van der Waals surface area contributed by atoms with Gasteiger partial charge in [-0.1, -0.05) is 29.3 Å². The largest absolute Gasteiger partial charge is 0.330 e. The summed E-state index contributed by atoms with van der Waals surface area (Å²) in [5.74, 6) is 0.507.